The second-order valence-corrected chi connectivity index (χ2v) is 5.60. The molecule has 0 aliphatic heterocycles. The quantitative estimate of drug-likeness (QED) is 0.781. The summed E-state index contributed by atoms with van der Waals surface area (Å²) in [6.45, 7) is 1.89. The molecule has 4 nitrogen and oxygen atoms in total. The first-order valence-corrected chi connectivity index (χ1v) is 7.40. The number of carbonyl (C=O) groups is 1. The zero-order chi connectivity index (χ0) is 18.2. The average Bonchev–Trinajstić information content (AvgIpc) is 3.01. The van der Waals surface area contributed by atoms with Crippen molar-refractivity contribution in [3.63, 3.8) is 0 Å². The van der Waals surface area contributed by atoms with Crippen molar-refractivity contribution in [1.82, 2.24) is 9.78 Å². The molecule has 0 aliphatic carbocycles. The zero-order valence-electron chi connectivity index (χ0n) is 13.2. The largest absolute Gasteiger partial charge is 0.435 e. The zero-order valence-corrected chi connectivity index (χ0v) is 13.2. The lowest BCUT2D eigenvalue weighted by Gasteiger charge is -2.08. The highest BCUT2D eigenvalue weighted by Crippen LogP contribution is 2.33. The molecule has 0 radical (unpaired) electrons. The van der Waals surface area contributed by atoms with Gasteiger partial charge in [-0.05, 0) is 37.3 Å². The van der Waals surface area contributed by atoms with Crippen molar-refractivity contribution in [2.24, 2.45) is 5.73 Å². The lowest BCUT2D eigenvalue weighted by atomic mass is 10.1. The van der Waals surface area contributed by atoms with Gasteiger partial charge in [0.15, 0.2) is 5.69 Å². The molecular weight excluding hydrogens is 331 g/mol. The third kappa shape index (κ3) is 3.40. The van der Waals surface area contributed by atoms with E-state index in [4.69, 9.17) is 5.73 Å². The number of hydrogen-bond donors (Lipinski definition) is 1. The fourth-order valence-electron chi connectivity index (χ4n) is 2.41. The minimum atomic E-state index is -4.56. The number of amides is 1. The van der Waals surface area contributed by atoms with E-state index in [0.717, 1.165) is 11.6 Å². The highest BCUT2D eigenvalue weighted by atomic mass is 19.4. The standard InChI is InChI=1S/C18H14F3N3O/c1-11-2-4-12(5-3-11)15-10-16(18(19,20)21)23-24(15)14-8-6-13(7-9-14)17(22)25/h2-10H,1H3,(H2,22,25). The summed E-state index contributed by atoms with van der Waals surface area (Å²) in [5.41, 5.74) is 6.78. The summed E-state index contributed by atoms with van der Waals surface area (Å²) >= 11 is 0. The molecular formula is C18H14F3N3O. The van der Waals surface area contributed by atoms with E-state index in [1.54, 1.807) is 12.1 Å². The molecule has 1 aromatic heterocycles. The molecule has 0 fully saturated rings. The van der Waals surface area contributed by atoms with Crippen molar-refractivity contribution in [1.29, 1.82) is 0 Å². The Hall–Kier alpha value is -3.09. The van der Waals surface area contributed by atoms with E-state index in [1.807, 2.05) is 19.1 Å². The Morgan fingerprint density at radius 3 is 2.16 bits per heavy atom. The second-order valence-electron chi connectivity index (χ2n) is 5.60. The van der Waals surface area contributed by atoms with E-state index >= 15 is 0 Å². The van der Waals surface area contributed by atoms with Crippen molar-refractivity contribution in [2.75, 3.05) is 0 Å². The van der Waals surface area contributed by atoms with Crippen molar-refractivity contribution in [3.8, 4) is 16.9 Å². The van der Waals surface area contributed by atoms with E-state index in [0.29, 0.717) is 16.9 Å². The van der Waals surface area contributed by atoms with Gasteiger partial charge in [0.25, 0.3) is 0 Å². The van der Waals surface area contributed by atoms with Gasteiger partial charge in [-0.3, -0.25) is 4.79 Å². The minimum absolute atomic E-state index is 0.267. The number of hydrogen-bond acceptors (Lipinski definition) is 2. The molecule has 1 heterocycles. The van der Waals surface area contributed by atoms with Gasteiger partial charge >= 0.3 is 6.18 Å². The van der Waals surface area contributed by atoms with Crippen LogP contribution >= 0.6 is 0 Å². The van der Waals surface area contributed by atoms with Crippen LogP contribution in [-0.4, -0.2) is 15.7 Å². The summed E-state index contributed by atoms with van der Waals surface area (Å²) in [4.78, 5) is 11.2. The van der Waals surface area contributed by atoms with Crippen molar-refractivity contribution in [2.45, 2.75) is 13.1 Å². The predicted molar refractivity (Wildman–Crippen MR) is 87.3 cm³/mol. The molecule has 0 spiro atoms. The number of alkyl halides is 3. The lowest BCUT2D eigenvalue weighted by Crippen LogP contribution is -2.11. The molecule has 3 rings (SSSR count). The van der Waals surface area contributed by atoms with Gasteiger partial charge in [-0.15, -0.1) is 0 Å². The van der Waals surface area contributed by atoms with Crippen molar-refractivity contribution >= 4 is 5.91 Å². The average molecular weight is 345 g/mol. The Morgan fingerprint density at radius 1 is 1.04 bits per heavy atom. The Balaban J connectivity index is 2.15. The Kier molecular flexibility index (Phi) is 4.08. The highest BCUT2D eigenvalue weighted by molar-refractivity contribution is 5.92. The van der Waals surface area contributed by atoms with Crippen LogP contribution in [-0.2, 0) is 6.18 Å². The molecule has 0 aliphatic rings. The van der Waals surface area contributed by atoms with Crippen LogP contribution in [0.3, 0.4) is 0 Å². The van der Waals surface area contributed by atoms with Crippen LogP contribution in [0.25, 0.3) is 16.9 Å². The molecule has 0 saturated heterocycles. The van der Waals surface area contributed by atoms with Crippen molar-refractivity contribution < 1.29 is 18.0 Å². The maximum Gasteiger partial charge on any atom is 0.435 e. The molecule has 2 N–H and O–H groups in total. The monoisotopic (exact) mass is 345 g/mol. The van der Waals surface area contributed by atoms with Crippen LogP contribution in [0.4, 0.5) is 13.2 Å². The smallest absolute Gasteiger partial charge is 0.366 e. The number of aryl methyl sites for hydroxylation is 1. The summed E-state index contributed by atoms with van der Waals surface area (Å²) in [6.07, 6.45) is -4.56. The summed E-state index contributed by atoms with van der Waals surface area (Å²) in [5.74, 6) is -0.609. The fraction of sp³-hybridized carbons (Fsp3) is 0.111. The number of nitrogens with two attached hydrogens (primary N) is 1. The number of nitrogens with zero attached hydrogens (tertiary/aromatic N) is 2. The van der Waals surface area contributed by atoms with Crippen LogP contribution < -0.4 is 5.73 Å². The van der Waals surface area contributed by atoms with Crippen LogP contribution in [0.2, 0.25) is 0 Å². The topological polar surface area (TPSA) is 60.9 Å². The lowest BCUT2D eigenvalue weighted by molar-refractivity contribution is -0.141. The molecule has 2 aromatic carbocycles. The molecule has 0 bridgehead atoms. The van der Waals surface area contributed by atoms with E-state index in [-0.39, 0.29) is 5.56 Å². The molecule has 0 unspecified atom stereocenters. The number of primary amides is 1. The Bertz CT molecular complexity index is 910. The molecule has 3 aromatic rings. The van der Waals surface area contributed by atoms with E-state index < -0.39 is 17.8 Å². The van der Waals surface area contributed by atoms with Gasteiger partial charge in [0, 0.05) is 11.1 Å². The van der Waals surface area contributed by atoms with Gasteiger partial charge in [-0.1, -0.05) is 29.8 Å². The van der Waals surface area contributed by atoms with Gasteiger partial charge < -0.3 is 5.73 Å². The van der Waals surface area contributed by atoms with Gasteiger partial charge in [-0.2, -0.15) is 18.3 Å². The number of carbonyl (C=O) groups excluding carboxylic acids is 1. The maximum absolute atomic E-state index is 13.1. The molecule has 1 amide bonds. The van der Waals surface area contributed by atoms with Gasteiger partial charge in [-0.25, -0.2) is 4.68 Å². The van der Waals surface area contributed by atoms with Crippen LogP contribution in [0.1, 0.15) is 21.6 Å². The number of benzene rings is 2. The number of aromatic nitrogens is 2. The SMILES string of the molecule is Cc1ccc(-c2cc(C(F)(F)F)nn2-c2ccc(C(N)=O)cc2)cc1. The Morgan fingerprint density at radius 2 is 1.64 bits per heavy atom. The maximum atomic E-state index is 13.1. The predicted octanol–water partition coefficient (Wildman–Crippen LogP) is 3.97. The molecule has 0 saturated carbocycles. The summed E-state index contributed by atoms with van der Waals surface area (Å²) in [5, 5.41) is 3.70. The van der Waals surface area contributed by atoms with Gasteiger partial charge in [0.05, 0.1) is 11.4 Å². The third-order valence-corrected chi connectivity index (χ3v) is 3.74. The Labute approximate surface area is 141 Å². The fourth-order valence-corrected chi connectivity index (χ4v) is 2.41. The number of halogens is 3. The molecule has 25 heavy (non-hydrogen) atoms. The van der Waals surface area contributed by atoms with Crippen LogP contribution in [0.15, 0.2) is 54.6 Å². The first-order valence-electron chi connectivity index (χ1n) is 7.40. The first-order chi connectivity index (χ1) is 11.8. The first kappa shape index (κ1) is 16.8. The highest BCUT2D eigenvalue weighted by Gasteiger charge is 2.35. The van der Waals surface area contributed by atoms with Gasteiger partial charge in [0.2, 0.25) is 5.91 Å². The van der Waals surface area contributed by atoms with E-state index in [2.05, 4.69) is 5.10 Å². The van der Waals surface area contributed by atoms with Gasteiger partial charge in [0.1, 0.15) is 0 Å². The molecule has 0 atom stereocenters. The molecule has 7 heteroatoms. The van der Waals surface area contributed by atoms with Crippen LogP contribution in [0.5, 0.6) is 0 Å². The molecule has 128 valence electrons. The van der Waals surface area contributed by atoms with Crippen LogP contribution in [0, 0.1) is 6.92 Å². The normalized spacial score (nSPS) is 11.5. The third-order valence-electron chi connectivity index (χ3n) is 3.74. The second kappa shape index (κ2) is 6.08. The minimum Gasteiger partial charge on any atom is -0.366 e. The summed E-state index contributed by atoms with van der Waals surface area (Å²) in [7, 11) is 0. The van der Waals surface area contributed by atoms with E-state index in [1.165, 1.54) is 28.9 Å². The summed E-state index contributed by atoms with van der Waals surface area (Å²) in [6, 6.07) is 14.0. The summed E-state index contributed by atoms with van der Waals surface area (Å²) < 4.78 is 40.5. The number of rotatable bonds is 3. The van der Waals surface area contributed by atoms with E-state index in [9.17, 15) is 18.0 Å². The van der Waals surface area contributed by atoms with Crippen molar-refractivity contribution in [3.05, 3.63) is 71.4 Å².